The number of likely N-dealkylation sites (N-methyl/N-ethyl adjacent to an activating group) is 1. The summed E-state index contributed by atoms with van der Waals surface area (Å²) in [5, 5.41) is 15.9. The number of carbonyl (C=O) groups is 1. The van der Waals surface area contributed by atoms with Crippen LogP contribution in [0.2, 0.25) is 10.0 Å². The van der Waals surface area contributed by atoms with E-state index in [-0.39, 0.29) is 52.5 Å². The molecule has 2 saturated heterocycles. The van der Waals surface area contributed by atoms with Gasteiger partial charge in [-0.25, -0.2) is 13.8 Å². The number of nitriles is 1. The molecule has 4 heterocycles. The largest absolute Gasteiger partial charge is 0.472 e. The number of ether oxygens (including phenoxy) is 1. The van der Waals surface area contributed by atoms with Crippen LogP contribution in [0, 0.1) is 17.1 Å². The maximum absolute atomic E-state index is 17.0. The van der Waals surface area contributed by atoms with Crippen molar-refractivity contribution in [3.05, 3.63) is 82.8 Å². The third-order valence-electron chi connectivity index (χ3n) is 9.81. The molecule has 0 saturated carbocycles. The van der Waals surface area contributed by atoms with Gasteiger partial charge in [0.15, 0.2) is 5.82 Å². The Morgan fingerprint density at radius 1 is 1.26 bits per heavy atom. The zero-order valence-corrected chi connectivity index (χ0v) is 29.5. The lowest BCUT2D eigenvalue weighted by Crippen LogP contribution is -2.46. The Morgan fingerprint density at radius 3 is 2.80 bits per heavy atom. The van der Waals surface area contributed by atoms with Crippen molar-refractivity contribution in [2.24, 2.45) is 0 Å². The van der Waals surface area contributed by atoms with E-state index in [1.54, 1.807) is 47.5 Å². The predicted molar refractivity (Wildman–Crippen MR) is 195 cm³/mol. The average molecular weight is 720 g/mol. The van der Waals surface area contributed by atoms with Gasteiger partial charge in [0.25, 0.3) is 0 Å². The molecule has 0 unspecified atom stereocenters. The van der Waals surface area contributed by atoms with Crippen LogP contribution >= 0.6 is 23.2 Å². The van der Waals surface area contributed by atoms with Crippen molar-refractivity contribution in [2.45, 2.75) is 63.3 Å². The van der Waals surface area contributed by atoms with Crippen LogP contribution in [-0.2, 0) is 4.79 Å². The van der Waals surface area contributed by atoms with Crippen LogP contribution in [0.5, 0.6) is 5.88 Å². The Balaban J connectivity index is 1.51. The van der Waals surface area contributed by atoms with Gasteiger partial charge in [-0.05, 0) is 63.9 Å². The summed E-state index contributed by atoms with van der Waals surface area (Å²) in [7, 11) is 2.07. The Bertz CT molecular complexity index is 2040. The molecule has 0 radical (unpaired) electrons. The monoisotopic (exact) mass is 718 g/mol. The van der Waals surface area contributed by atoms with Crippen LogP contribution in [0.3, 0.4) is 0 Å². The average Bonchev–Trinajstić information content (AvgIpc) is 3.75. The molecule has 260 valence electrons. The first-order valence-electron chi connectivity index (χ1n) is 16.7. The molecule has 2 aliphatic heterocycles. The van der Waals surface area contributed by atoms with Gasteiger partial charge >= 0.3 is 0 Å². The van der Waals surface area contributed by atoms with Crippen LogP contribution in [-0.4, -0.2) is 75.5 Å². The molecule has 2 aromatic carbocycles. The van der Waals surface area contributed by atoms with E-state index in [0.29, 0.717) is 51.8 Å². The van der Waals surface area contributed by atoms with Gasteiger partial charge in [-0.15, -0.1) is 0 Å². The first kappa shape index (κ1) is 35.5. The molecular formula is C38H38Cl2F2N6O2. The number of aromatic nitrogens is 3. The highest BCUT2D eigenvalue weighted by Crippen LogP contribution is 2.44. The van der Waals surface area contributed by atoms with Crippen LogP contribution in [0.4, 0.5) is 8.78 Å². The summed E-state index contributed by atoms with van der Waals surface area (Å²) in [4.78, 5) is 21.5. The number of piperidine rings is 1. The number of hydrogen-bond donors (Lipinski definition) is 0. The highest BCUT2D eigenvalue weighted by molar-refractivity contribution is 6.38. The third-order valence-corrected chi connectivity index (χ3v) is 10.5. The topological polar surface area (TPSA) is 87.3 Å². The summed E-state index contributed by atoms with van der Waals surface area (Å²) in [6.07, 6.45) is 12.0. The van der Waals surface area contributed by atoms with Crippen molar-refractivity contribution >= 4 is 57.0 Å². The summed E-state index contributed by atoms with van der Waals surface area (Å²) in [6.45, 7) is 6.25. The second-order valence-electron chi connectivity index (χ2n) is 12.8. The molecule has 8 nitrogen and oxygen atoms in total. The van der Waals surface area contributed by atoms with Crippen LogP contribution in [0.15, 0.2) is 61.3 Å². The Kier molecular flexibility index (Phi) is 10.9. The number of likely N-dealkylation sites (tertiary alicyclic amines) is 2. The maximum atomic E-state index is 17.0. The number of hydrogen-bond acceptors (Lipinski definition) is 6. The number of amides is 1. The van der Waals surface area contributed by atoms with Crippen molar-refractivity contribution in [1.82, 2.24) is 24.6 Å². The van der Waals surface area contributed by atoms with Gasteiger partial charge < -0.3 is 9.64 Å². The zero-order chi connectivity index (χ0) is 35.5. The van der Waals surface area contributed by atoms with Gasteiger partial charge in [0.05, 0.1) is 45.7 Å². The minimum Gasteiger partial charge on any atom is -0.472 e. The lowest BCUT2D eigenvalue weighted by molar-refractivity contribution is -0.130. The highest BCUT2D eigenvalue weighted by Gasteiger charge is 2.35. The fourth-order valence-electron chi connectivity index (χ4n) is 7.37. The van der Waals surface area contributed by atoms with Crippen molar-refractivity contribution < 1.29 is 18.3 Å². The van der Waals surface area contributed by atoms with Crippen molar-refractivity contribution in [3.63, 3.8) is 0 Å². The molecule has 1 amide bonds. The van der Waals surface area contributed by atoms with E-state index >= 15 is 4.39 Å². The Morgan fingerprint density at radius 2 is 2.08 bits per heavy atom. The number of allylic oxidation sites excluding steroid dienone is 3. The summed E-state index contributed by atoms with van der Waals surface area (Å²) < 4.78 is 38.2. The SMILES string of the molecule is C=C/C=C\c1cccc(-c2c(Cl)cc3c(nc(O[C@@H](C)[C@@H]4CCCN4C)c4cnn([C@H]5CCN(C(=O)/C=C/CF)[C@H](CC#N)C5)c43)c2F)c1Cl. The number of carbonyl (C=O) groups excluding carboxylic acids is 1. The fraction of sp³-hybridized carbons (Fsp3) is 0.368. The first-order valence-corrected chi connectivity index (χ1v) is 17.5. The summed E-state index contributed by atoms with van der Waals surface area (Å²) in [5.74, 6) is -0.733. The van der Waals surface area contributed by atoms with Gasteiger partial charge in [-0.3, -0.25) is 14.4 Å². The van der Waals surface area contributed by atoms with E-state index in [4.69, 9.17) is 38.0 Å². The van der Waals surface area contributed by atoms with E-state index in [9.17, 15) is 14.4 Å². The zero-order valence-electron chi connectivity index (χ0n) is 28.0. The lowest BCUT2D eigenvalue weighted by Gasteiger charge is -2.38. The Hall–Kier alpha value is -4.30. The minimum atomic E-state index is -0.754. The van der Waals surface area contributed by atoms with E-state index in [1.807, 2.05) is 17.7 Å². The molecule has 4 atom stereocenters. The fourth-order valence-corrected chi connectivity index (χ4v) is 7.95. The Labute approximate surface area is 300 Å². The molecule has 4 aromatic rings. The van der Waals surface area contributed by atoms with Crippen molar-refractivity contribution in [1.29, 1.82) is 5.26 Å². The predicted octanol–water partition coefficient (Wildman–Crippen LogP) is 8.73. The molecule has 0 aliphatic carbocycles. The van der Waals surface area contributed by atoms with Crippen LogP contribution in [0.25, 0.3) is 39.0 Å². The molecule has 0 bridgehead atoms. The quantitative estimate of drug-likeness (QED) is 0.120. The molecular weight excluding hydrogens is 681 g/mol. The number of nitrogens with zero attached hydrogens (tertiary/aromatic N) is 6. The van der Waals surface area contributed by atoms with Gasteiger partial charge in [-0.1, -0.05) is 66.2 Å². The van der Waals surface area contributed by atoms with Crippen molar-refractivity contribution in [3.8, 4) is 23.1 Å². The van der Waals surface area contributed by atoms with E-state index in [0.717, 1.165) is 25.5 Å². The molecule has 6 rings (SSSR count). The standard InChI is InChI=1S/C38H38Cl2F2N6O2/c1-4-5-9-24-10-6-11-27(34(24)40)33-30(39)21-28-36(35(33)42)45-38(50-23(2)31-12-8-18-46(31)3)29-22-44-48(37(28)29)26-15-19-47(25(20-26)14-17-43)32(49)13-7-16-41/h4-7,9-11,13,21-23,25-26,31H,1,8,12,14-16,18-20H2,2-3H3/b9-5-,13-7+/t23-,25+,26-,31-/m0/s1. The number of halogens is 4. The lowest BCUT2D eigenvalue weighted by atomic mass is 9.94. The molecule has 2 aromatic heterocycles. The summed E-state index contributed by atoms with van der Waals surface area (Å²) >= 11 is 13.7. The third kappa shape index (κ3) is 6.74. The normalized spacial score (nSPS) is 20.7. The first-order chi connectivity index (χ1) is 24.2. The second-order valence-corrected chi connectivity index (χ2v) is 13.6. The molecule has 12 heteroatoms. The smallest absolute Gasteiger partial charge is 0.246 e. The highest BCUT2D eigenvalue weighted by atomic mass is 35.5. The van der Waals surface area contributed by atoms with Gasteiger partial charge in [0, 0.05) is 41.2 Å². The van der Waals surface area contributed by atoms with Crippen molar-refractivity contribution in [2.75, 3.05) is 26.8 Å². The van der Waals surface area contributed by atoms with Gasteiger partial charge in [-0.2, -0.15) is 10.4 Å². The van der Waals surface area contributed by atoms with E-state index in [2.05, 4.69) is 24.6 Å². The molecule has 2 aliphatic rings. The number of rotatable bonds is 10. The summed E-state index contributed by atoms with van der Waals surface area (Å²) in [6, 6.07) is 8.69. The maximum Gasteiger partial charge on any atom is 0.246 e. The van der Waals surface area contributed by atoms with Gasteiger partial charge in [0.2, 0.25) is 11.8 Å². The minimum absolute atomic E-state index is 0.0567. The van der Waals surface area contributed by atoms with E-state index < -0.39 is 18.5 Å². The second kappa shape index (κ2) is 15.3. The number of fused-ring (bicyclic) bond motifs is 3. The van der Waals surface area contributed by atoms with Gasteiger partial charge in [0.1, 0.15) is 18.3 Å². The molecule has 50 heavy (non-hydrogen) atoms. The molecule has 0 spiro atoms. The van der Waals surface area contributed by atoms with E-state index in [1.165, 1.54) is 6.08 Å². The number of alkyl halides is 1. The molecule has 0 N–H and O–H groups in total. The number of benzene rings is 2. The molecule has 2 fully saturated rings. The summed E-state index contributed by atoms with van der Waals surface area (Å²) in [5.41, 5.74) is 1.86. The van der Waals surface area contributed by atoms with Crippen LogP contribution in [0.1, 0.15) is 50.6 Å². The van der Waals surface area contributed by atoms with Crippen LogP contribution < -0.4 is 4.74 Å². The number of pyridine rings is 1.